The molecule has 0 saturated carbocycles. The summed E-state index contributed by atoms with van der Waals surface area (Å²) in [6.07, 6.45) is 7.57. The minimum absolute atomic E-state index is 0.0190. The van der Waals surface area contributed by atoms with Gasteiger partial charge in [0.05, 0.1) is 6.04 Å². The highest BCUT2D eigenvalue weighted by Crippen LogP contribution is 2.26. The zero-order chi connectivity index (χ0) is 18.1. The van der Waals surface area contributed by atoms with Crippen molar-refractivity contribution in [2.75, 3.05) is 0 Å². The maximum absolute atomic E-state index is 12.8. The zero-order valence-electron chi connectivity index (χ0n) is 15.3. The summed E-state index contributed by atoms with van der Waals surface area (Å²) in [4.78, 5) is 12.8. The van der Waals surface area contributed by atoms with Crippen molar-refractivity contribution in [1.82, 2.24) is 19.9 Å². The summed E-state index contributed by atoms with van der Waals surface area (Å²) in [5.74, 6) is 0.741. The number of aromatic nitrogens is 3. The fourth-order valence-electron chi connectivity index (χ4n) is 3.78. The molecule has 2 aromatic heterocycles. The fraction of sp³-hybridized carbons (Fsp3) is 0.381. The number of fused-ring (bicyclic) bond motifs is 2. The predicted molar refractivity (Wildman–Crippen MR) is 101 cm³/mol. The van der Waals surface area contributed by atoms with Crippen LogP contribution in [0, 0.1) is 6.92 Å². The second-order valence-electron chi connectivity index (χ2n) is 7.06. The Morgan fingerprint density at radius 3 is 2.77 bits per heavy atom. The molecule has 0 bridgehead atoms. The Balaban J connectivity index is 1.56. The van der Waals surface area contributed by atoms with Crippen LogP contribution in [-0.2, 0) is 12.8 Å². The van der Waals surface area contributed by atoms with Gasteiger partial charge in [0.15, 0.2) is 5.65 Å². The van der Waals surface area contributed by atoms with E-state index in [9.17, 15) is 4.79 Å². The van der Waals surface area contributed by atoms with Gasteiger partial charge < -0.3 is 5.32 Å². The van der Waals surface area contributed by atoms with Crippen LogP contribution >= 0.6 is 0 Å². The van der Waals surface area contributed by atoms with Crippen LogP contribution in [0.5, 0.6) is 0 Å². The number of carbonyl (C=O) groups is 1. The van der Waals surface area contributed by atoms with Gasteiger partial charge >= 0.3 is 0 Å². The predicted octanol–water partition coefficient (Wildman–Crippen LogP) is 3.80. The summed E-state index contributed by atoms with van der Waals surface area (Å²) in [5.41, 5.74) is 5.41. The number of rotatable bonds is 4. The number of nitrogens with zero attached hydrogens (tertiary/aromatic N) is 3. The van der Waals surface area contributed by atoms with Crippen LogP contribution in [0.2, 0.25) is 0 Å². The van der Waals surface area contributed by atoms with E-state index in [0.29, 0.717) is 11.2 Å². The topological polar surface area (TPSA) is 59.3 Å². The van der Waals surface area contributed by atoms with E-state index in [1.807, 2.05) is 23.6 Å². The number of hydrogen-bond acceptors (Lipinski definition) is 3. The van der Waals surface area contributed by atoms with Crippen molar-refractivity contribution in [3.8, 4) is 0 Å². The van der Waals surface area contributed by atoms with Crippen molar-refractivity contribution in [2.45, 2.75) is 52.0 Å². The first-order valence-electron chi connectivity index (χ1n) is 9.39. The molecule has 1 N–H and O–H groups in total. The lowest BCUT2D eigenvalue weighted by atomic mass is 9.88. The van der Waals surface area contributed by atoms with Gasteiger partial charge in [0.25, 0.3) is 5.91 Å². The number of nitrogens with one attached hydrogen (secondary N) is 1. The van der Waals surface area contributed by atoms with Gasteiger partial charge in [0.2, 0.25) is 0 Å². The summed E-state index contributed by atoms with van der Waals surface area (Å²) >= 11 is 0. The van der Waals surface area contributed by atoms with E-state index in [1.165, 1.54) is 36.0 Å². The van der Waals surface area contributed by atoms with Crippen molar-refractivity contribution in [3.05, 3.63) is 64.6 Å². The molecule has 1 amide bonds. The van der Waals surface area contributed by atoms with Crippen molar-refractivity contribution < 1.29 is 4.79 Å². The number of aryl methyl sites for hydroxylation is 3. The van der Waals surface area contributed by atoms with E-state index in [2.05, 4.69) is 40.6 Å². The molecule has 0 aliphatic heterocycles. The number of hydrogen-bond donors (Lipinski definition) is 1. The van der Waals surface area contributed by atoms with E-state index in [4.69, 9.17) is 0 Å². The fourth-order valence-corrected chi connectivity index (χ4v) is 3.78. The molecule has 0 fully saturated rings. The quantitative estimate of drug-likeness (QED) is 0.780. The van der Waals surface area contributed by atoms with Crippen LogP contribution < -0.4 is 5.32 Å². The average Bonchev–Trinajstić information content (AvgIpc) is 3.06. The smallest absolute Gasteiger partial charge is 0.251 e. The first-order chi connectivity index (χ1) is 12.7. The molecule has 0 saturated heterocycles. The molecule has 0 radical (unpaired) electrons. The number of amides is 1. The zero-order valence-corrected chi connectivity index (χ0v) is 15.3. The number of carbonyl (C=O) groups excluding carboxylic acids is 1. The Labute approximate surface area is 153 Å². The first kappa shape index (κ1) is 16.8. The summed E-state index contributed by atoms with van der Waals surface area (Å²) < 4.78 is 1.87. The van der Waals surface area contributed by atoms with E-state index in [0.717, 1.165) is 18.7 Å². The summed E-state index contributed by atoms with van der Waals surface area (Å²) in [7, 11) is 0. The molecule has 4 rings (SSSR count). The molecule has 5 heteroatoms. The molecule has 2 heterocycles. The van der Waals surface area contributed by atoms with Crippen LogP contribution in [0.1, 0.15) is 65.1 Å². The van der Waals surface area contributed by atoms with Crippen molar-refractivity contribution >= 4 is 11.6 Å². The Kier molecular flexibility index (Phi) is 4.45. The molecule has 0 spiro atoms. The monoisotopic (exact) mass is 348 g/mol. The van der Waals surface area contributed by atoms with Crippen LogP contribution in [0.3, 0.4) is 0 Å². The third-order valence-corrected chi connectivity index (χ3v) is 5.33. The van der Waals surface area contributed by atoms with E-state index in [-0.39, 0.29) is 11.9 Å². The molecule has 1 atom stereocenters. The Morgan fingerprint density at radius 1 is 1.15 bits per heavy atom. The number of benzene rings is 1. The van der Waals surface area contributed by atoms with Gasteiger partial charge in [-0.15, -0.1) is 10.2 Å². The van der Waals surface area contributed by atoms with Gasteiger partial charge in [-0.25, -0.2) is 0 Å². The minimum atomic E-state index is -0.0716. The maximum Gasteiger partial charge on any atom is 0.251 e. The first-order valence-corrected chi connectivity index (χ1v) is 9.39. The molecular weight excluding hydrogens is 324 g/mol. The molecule has 26 heavy (non-hydrogen) atoms. The highest BCUT2D eigenvalue weighted by molar-refractivity contribution is 5.95. The molecule has 1 aliphatic carbocycles. The van der Waals surface area contributed by atoms with Crippen LogP contribution in [0.15, 0.2) is 36.5 Å². The number of pyridine rings is 1. The molecular formula is C21H24N4O. The van der Waals surface area contributed by atoms with Gasteiger partial charge in [0, 0.05) is 11.8 Å². The SMILES string of the molecule is CCC(NC(=O)c1ccn2c(C)nnc2c1)c1ccc2c(c1)CCCC2. The summed E-state index contributed by atoms with van der Waals surface area (Å²) in [5, 5.41) is 11.3. The highest BCUT2D eigenvalue weighted by atomic mass is 16.1. The standard InChI is InChI=1S/C21H24N4O/c1-3-19(17-9-8-15-6-4-5-7-16(15)12-17)22-21(26)18-10-11-25-14(2)23-24-20(25)13-18/h8-13,19H,3-7H2,1-2H3,(H,22,26). The second-order valence-corrected chi connectivity index (χ2v) is 7.06. The Morgan fingerprint density at radius 2 is 1.96 bits per heavy atom. The lowest BCUT2D eigenvalue weighted by Crippen LogP contribution is -2.28. The summed E-state index contributed by atoms with van der Waals surface area (Å²) in [6.45, 7) is 4.00. The van der Waals surface area contributed by atoms with E-state index >= 15 is 0 Å². The van der Waals surface area contributed by atoms with Gasteiger partial charge in [-0.05, 0) is 67.9 Å². The second kappa shape index (κ2) is 6.90. The molecule has 5 nitrogen and oxygen atoms in total. The molecule has 134 valence electrons. The minimum Gasteiger partial charge on any atom is -0.345 e. The van der Waals surface area contributed by atoms with Crippen molar-refractivity contribution in [1.29, 1.82) is 0 Å². The normalized spacial score (nSPS) is 14.8. The molecule has 1 aliphatic rings. The summed E-state index contributed by atoms with van der Waals surface area (Å²) in [6, 6.07) is 10.3. The average molecular weight is 348 g/mol. The lowest BCUT2D eigenvalue weighted by molar-refractivity contribution is 0.0935. The molecule has 1 unspecified atom stereocenters. The molecule has 1 aromatic carbocycles. The maximum atomic E-state index is 12.8. The van der Waals surface area contributed by atoms with Crippen molar-refractivity contribution in [3.63, 3.8) is 0 Å². The largest absolute Gasteiger partial charge is 0.345 e. The lowest BCUT2D eigenvalue weighted by Gasteiger charge is -2.21. The highest BCUT2D eigenvalue weighted by Gasteiger charge is 2.17. The molecule has 3 aromatic rings. The third-order valence-electron chi connectivity index (χ3n) is 5.33. The Hall–Kier alpha value is -2.69. The van der Waals surface area contributed by atoms with Gasteiger partial charge in [0.1, 0.15) is 5.82 Å². The van der Waals surface area contributed by atoms with Crippen LogP contribution in [-0.4, -0.2) is 20.5 Å². The third kappa shape index (κ3) is 3.09. The van der Waals surface area contributed by atoms with Gasteiger partial charge in [-0.3, -0.25) is 9.20 Å². The van der Waals surface area contributed by atoms with Crippen molar-refractivity contribution in [2.24, 2.45) is 0 Å². The van der Waals surface area contributed by atoms with Gasteiger partial charge in [-0.1, -0.05) is 25.1 Å². The Bertz CT molecular complexity index is 960. The van der Waals surface area contributed by atoms with Crippen LogP contribution in [0.25, 0.3) is 5.65 Å². The van der Waals surface area contributed by atoms with Crippen LogP contribution in [0.4, 0.5) is 0 Å². The van der Waals surface area contributed by atoms with E-state index in [1.54, 1.807) is 6.07 Å². The van der Waals surface area contributed by atoms with Gasteiger partial charge in [-0.2, -0.15) is 0 Å². The van der Waals surface area contributed by atoms with E-state index < -0.39 is 0 Å².